The van der Waals surface area contributed by atoms with Crippen molar-refractivity contribution in [1.82, 2.24) is 5.32 Å². The minimum Gasteiger partial charge on any atom is -0.489 e. The van der Waals surface area contributed by atoms with Crippen molar-refractivity contribution in [2.45, 2.75) is 38.2 Å². The van der Waals surface area contributed by atoms with Crippen LogP contribution in [0.25, 0.3) is 6.08 Å². The van der Waals surface area contributed by atoms with Gasteiger partial charge in [-0.1, -0.05) is 103 Å². The zero-order valence-corrected chi connectivity index (χ0v) is 27.8. The lowest BCUT2D eigenvalue weighted by Gasteiger charge is -2.44. The van der Waals surface area contributed by atoms with Gasteiger partial charge in [0.1, 0.15) is 17.9 Å². The fourth-order valence-corrected chi connectivity index (χ4v) is 7.66. The van der Waals surface area contributed by atoms with E-state index in [1.54, 1.807) is 12.1 Å². The molecule has 50 heavy (non-hydrogen) atoms. The number of amides is 4. The summed E-state index contributed by atoms with van der Waals surface area (Å²) >= 11 is 0. The van der Waals surface area contributed by atoms with Gasteiger partial charge in [-0.2, -0.15) is 0 Å². The van der Waals surface area contributed by atoms with Crippen molar-refractivity contribution < 1.29 is 19.1 Å². The highest BCUT2D eigenvalue weighted by atomic mass is 16.5. The van der Waals surface area contributed by atoms with Crippen LogP contribution in [0.3, 0.4) is 0 Å². The maximum absolute atomic E-state index is 14.2. The lowest BCUT2D eigenvalue weighted by molar-refractivity contribution is -0.122. The largest absolute Gasteiger partial charge is 0.489 e. The standard InChI is InChI=1S/C43H37N3O4/c1-28-9-8-10-30(23-28)27-50-34-17-15-29(16-18-34)24-39-41(47)44-43(49)46(42(39)48)33-25-37-35(31-11-4-2-5-12-31)19-21-45-22-20-36(38(26-33)40(37)45)32-13-6-3-7-14-32/h2-18,23-26,35-36H,19-22,27H2,1H3,(H,44,47,49)/b39-24+/t35-,36-/m0/s1. The fourth-order valence-electron chi connectivity index (χ4n) is 7.66. The Bertz CT molecular complexity index is 2050. The van der Waals surface area contributed by atoms with Gasteiger partial charge in [-0.25, -0.2) is 9.69 Å². The molecule has 3 heterocycles. The van der Waals surface area contributed by atoms with Gasteiger partial charge in [-0.05, 0) is 83.5 Å². The number of hydrogen-bond acceptors (Lipinski definition) is 5. The van der Waals surface area contributed by atoms with E-state index >= 15 is 0 Å². The summed E-state index contributed by atoms with van der Waals surface area (Å²) in [5.41, 5.74) is 9.02. The molecular formula is C43H37N3O4. The molecule has 0 aliphatic carbocycles. The molecule has 248 valence electrons. The van der Waals surface area contributed by atoms with Gasteiger partial charge in [0.2, 0.25) is 0 Å². The highest BCUT2D eigenvalue weighted by molar-refractivity contribution is 6.39. The molecule has 0 unspecified atom stereocenters. The highest BCUT2D eigenvalue weighted by Gasteiger charge is 2.40. The van der Waals surface area contributed by atoms with Gasteiger partial charge >= 0.3 is 6.03 Å². The smallest absolute Gasteiger partial charge is 0.335 e. The van der Waals surface area contributed by atoms with Gasteiger partial charge in [0.15, 0.2) is 0 Å². The molecule has 2 atom stereocenters. The van der Waals surface area contributed by atoms with Crippen molar-refractivity contribution in [3.05, 3.63) is 166 Å². The lowest BCUT2D eigenvalue weighted by atomic mass is 9.76. The van der Waals surface area contributed by atoms with Crippen LogP contribution >= 0.6 is 0 Å². The van der Waals surface area contributed by atoms with Crippen LogP contribution in [0.2, 0.25) is 0 Å². The van der Waals surface area contributed by atoms with Crippen molar-refractivity contribution in [2.24, 2.45) is 0 Å². The number of carbonyl (C=O) groups excluding carboxylic acids is 3. The second kappa shape index (κ2) is 13.2. The van der Waals surface area contributed by atoms with Crippen molar-refractivity contribution >= 4 is 35.3 Å². The van der Waals surface area contributed by atoms with Crippen molar-refractivity contribution in [3.63, 3.8) is 0 Å². The van der Waals surface area contributed by atoms with E-state index in [0.29, 0.717) is 23.6 Å². The Morgan fingerprint density at radius 3 is 1.96 bits per heavy atom. The van der Waals surface area contributed by atoms with Gasteiger partial charge in [-0.15, -0.1) is 0 Å². The average molecular weight is 660 g/mol. The van der Waals surface area contributed by atoms with E-state index in [0.717, 1.165) is 47.5 Å². The number of hydrogen-bond donors (Lipinski definition) is 1. The van der Waals surface area contributed by atoms with Crippen molar-refractivity contribution in [1.29, 1.82) is 0 Å². The number of anilines is 2. The van der Waals surface area contributed by atoms with Crippen LogP contribution in [0.15, 0.2) is 127 Å². The molecule has 5 aromatic carbocycles. The maximum Gasteiger partial charge on any atom is 0.335 e. The normalized spacial score (nSPS) is 19.3. The van der Waals surface area contributed by atoms with E-state index < -0.39 is 17.8 Å². The minimum absolute atomic E-state index is 0.0990. The van der Waals surface area contributed by atoms with Crippen LogP contribution in [0.1, 0.15) is 63.6 Å². The zero-order chi connectivity index (χ0) is 34.2. The molecule has 7 nitrogen and oxygen atoms in total. The van der Waals surface area contributed by atoms with Crippen molar-refractivity contribution in [3.8, 4) is 5.75 Å². The summed E-state index contributed by atoms with van der Waals surface area (Å²) in [6.07, 6.45) is 3.37. The third kappa shape index (κ3) is 5.96. The van der Waals surface area contributed by atoms with Gasteiger partial charge in [0.25, 0.3) is 11.8 Å². The van der Waals surface area contributed by atoms with Crippen LogP contribution in [0, 0.1) is 6.92 Å². The zero-order valence-electron chi connectivity index (χ0n) is 27.8. The molecule has 4 amide bonds. The molecule has 8 rings (SSSR count). The summed E-state index contributed by atoms with van der Waals surface area (Å²) in [4.78, 5) is 44.5. The molecule has 0 bridgehead atoms. The second-order valence-corrected chi connectivity index (χ2v) is 13.3. The fraction of sp³-hybridized carbons (Fsp3) is 0.186. The molecule has 1 fully saturated rings. The van der Waals surface area contributed by atoms with Gasteiger partial charge in [-0.3, -0.25) is 14.9 Å². The second-order valence-electron chi connectivity index (χ2n) is 13.3. The molecule has 3 aliphatic heterocycles. The topological polar surface area (TPSA) is 79.0 Å². The summed E-state index contributed by atoms with van der Waals surface area (Å²) in [6, 6.07) is 39.4. The molecular weight excluding hydrogens is 622 g/mol. The molecule has 1 saturated heterocycles. The van der Waals surface area contributed by atoms with Gasteiger partial charge in [0, 0.05) is 30.6 Å². The number of rotatable bonds is 7. The molecule has 0 radical (unpaired) electrons. The Labute approximate surface area is 291 Å². The molecule has 7 heteroatoms. The summed E-state index contributed by atoms with van der Waals surface area (Å²) in [7, 11) is 0. The monoisotopic (exact) mass is 659 g/mol. The van der Waals surface area contributed by atoms with Crippen LogP contribution < -0.4 is 19.9 Å². The van der Waals surface area contributed by atoms with Crippen LogP contribution in [0.5, 0.6) is 5.75 Å². The van der Waals surface area contributed by atoms with Gasteiger partial charge < -0.3 is 9.64 Å². The van der Waals surface area contributed by atoms with Crippen molar-refractivity contribution in [2.75, 3.05) is 22.9 Å². The van der Waals surface area contributed by atoms with E-state index in [1.807, 2.05) is 61.5 Å². The average Bonchev–Trinajstić information content (AvgIpc) is 3.14. The number of nitrogens with zero attached hydrogens (tertiary/aromatic N) is 2. The van der Waals surface area contributed by atoms with Crippen LogP contribution in [-0.4, -0.2) is 30.9 Å². The predicted octanol–water partition coefficient (Wildman–Crippen LogP) is 8.12. The van der Waals surface area contributed by atoms with E-state index in [2.05, 4.69) is 64.8 Å². The molecule has 0 aromatic heterocycles. The summed E-state index contributed by atoms with van der Waals surface area (Å²) < 4.78 is 5.96. The first-order valence-corrected chi connectivity index (χ1v) is 17.2. The molecule has 3 aliphatic rings. The van der Waals surface area contributed by atoms with E-state index in [9.17, 15) is 14.4 Å². The number of aryl methyl sites for hydroxylation is 1. The quantitative estimate of drug-likeness (QED) is 0.141. The summed E-state index contributed by atoms with van der Waals surface area (Å²) in [5, 5.41) is 2.43. The Morgan fingerprint density at radius 1 is 0.740 bits per heavy atom. The Morgan fingerprint density at radius 2 is 1.36 bits per heavy atom. The van der Waals surface area contributed by atoms with Crippen LogP contribution in [-0.2, 0) is 16.2 Å². The number of ether oxygens (including phenoxy) is 1. The summed E-state index contributed by atoms with van der Waals surface area (Å²) in [5.74, 6) is -0.501. The molecule has 1 N–H and O–H groups in total. The minimum atomic E-state index is -0.750. The highest BCUT2D eigenvalue weighted by Crippen LogP contribution is 2.50. The first kappa shape index (κ1) is 31.3. The molecule has 0 saturated carbocycles. The SMILES string of the molecule is Cc1cccc(COc2ccc(/C=C3\C(=O)NC(=O)N(c4cc5c6c(c4)[C@H](c4ccccc4)CCN6CC[C@H]5c4ccccc4)C3=O)cc2)c1. The predicted molar refractivity (Wildman–Crippen MR) is 195 cm³/mol. The lowest BCUT2D eigenvalue weighted by Crippen LogP contribution is -2.54. The number of nitrogens with one attached hydrogen (secondary N) is 1. The number of carbonyl (C=O) groups is 3. The third-order valence-electron chi connectivity index (χ3n) is 10.0. The molecule has 5 aromatic rings. The number of imide groups is 2. The first-order chi connectivity index (χ1) is 24.4. The Hall–Kier alpha value is -5.95. The Kier molecular flexibility index (Phi) is 8.25. The van der Waals surface area contributed by atoms with E-state index in [-0.39, 0.29) is 17.4 Å². The molecule has 0 spiro atoms. The number of benzene rings is 5. The van der Waals surface area contributed by atoms with Gasteiger partial charge in [0.05, 0.1) is 5.69 Å². The van der Waals surface area contributed by atoms with Crippen LogP contribution in [0.4, 0.5) is 16.2 Å². The number of barbiturate groups is 1. The summed E-state index contributed by atoms with van der Waals surface area (Å²) in [6.45, 7) is 4.33. The maximum atomic E-state index is 14.2. The van der Waals surface area contributed by atoms with E-state index in [4.69, 9.17) is 4.74 Å². The van der Waals surface area contributed by atoms with E-state index in [1.165, 1.54) is 28.5 Å². The Balaban J connectivity index is 1.15. The third-order valence-corrected chi connectivity index (χ3v) is 10.0. The first-order valence-electron chi connectivity index (χ1n) is 17.2. The number of urea groups is 1.